The molecule has 1 aliphatic heterocycles. The van der Waals surface area contributed by atoms with E-state index in [2.05, 4.69) is 13.8 Å². The van der Waals surface area contributed by atoms with Gasteiger partial charge >= 0.3 is 0 Å². The van der Waals surface area contributed by atoms with Gasteiger partial charge in [-0.05, 0) is 31.6 Å². The van der Waals surface area contributed by atoms with Crippen molar-refractivity contribution in [1.29, 1.82) is 0 Å². The van der Waals surface area contributed by atoms with Crippen LogP contribution in [0.1, 0.15) is 213 Å². The fourth-order valence-electron chi connectivity index (χ4n) is 10.2. The van der Waals surface area contributed by atoms with E-state index in [1.54, 1.807) is 7.11 Å². The largest absolute Gasteiger partial charge is 0.390 e. The zero-order chi connectivity index (χ0) is 47.7. The van der Waals surface area contributed by atoms with E-state index in [9.17, 15) is 20.4 Å². The minimum atomic E-state index is -1.11. The molecule has 4 unspecified atom stereocenters. The maximum absolute atomic E-state index is 11.3. The third kappa shape index (κ3) is 29.0. The van der Waals surface area contributed by atoms with E-state index in [1.807, 2.05) is 6.92 Å². The molecule has 10 atom stereocenters. The smallest absolute Gasteiger partial charge is 0.110 e. The highest BCUT2D eigenvalue weighted by Gasteiger charge is 2.45. The lowest BCUT2D eigenvalue weighted by Gasteiger charge is -2.44. The molecule has 2 fully saturated rings. The molecule has 11 heteroatoms. The molecule has 0 spiro atoms. The van der Waals surface area contributed by atoms with E-state index in [0.717, 1.165) is 26.1 Å². The molecule has 0 aromatic rings. The normalized spacial score (nSPS) is 25.8. The average molecular weight is 945 g/mol. The molecule has 1 saturated heterocycles. The number of ether oxygens (including phenoxy) is 7. The van der Waals surface area contributed by atoms with Crippen LogP contribution in [0.25, 0.3) is 0 Å². The molecule has 0 radical (unpaired) electrons. The molecule has 4 N–H and O–H groups in total. The second-order valence-electron chi connectivity index (χ2n) is 20.2. The first kappa shape index (κ1) is 61.7. The number of rotatable bonds is 47. The Labute approximate surface area is 405 Å². The molecular formula is C55H108O11. The van der Waals surface area contributed by atoms with E-state index in [-0.39, 0.29) is 43.5 Å². The molecule has 1 heterocycles. The molecule has 0 aromatic carbocycles. The van der Waals surface area contributed by atoms with Gasteiger partial charge in [-0.15, -0.1) is 0 Å². The van der Waals surface area contributed by atoms with Gasteiger partial charge in [0, 0.05) is 44.7 Å². The fourth-order valence-corrected chi connectivity index (χ4v) is 10.2. The van der Waals surface area contributed by atoms with Crippen molar-refractivity contribution >= 4 is 0 Å². The summed E-state index contributed by atoms with van der Waals surface area (Å²) in [6, 6.07) is 0. The highest BCUT2D eigenvalue weighted by atomic mass is 16.6. The number of aliphatic hydroxyl groups excluding tert-OH is 4. The van der Waals surface area contributed by atoms with Crippen LogP contribution in [0, 0.1) is 23.7 Å². The predicted octanol–water partition coefficient (Wildman–Crippen LogP) is 11.2. The van der Waals surface area contributed by atoms with Crippen LogP contribution in [0.4, 0.5) is 0 Å². The summed E-state index contributed by atoms with van der Waals surface area (Å²) in [5, 5.41) is 44.4. The number of aliphatic hydroxyl groups is 4. The van der Waals surface area contributed by atoms with Crippen molar-refractivity contribution in [1.82, 2.24) is 0 Å². The monoisotopic (exact) mass is 945 g/mol. The van der Waals surface area contributed by atoms with Crippen molar-refractivity contribution in [3.63, 3.8) is 0 Å². The van der Waals surface area contributed by atoms with Crippen molar-refractivity contribution in [3.05, 3.63) is 0 Å². The number of hydrogen-bond donors (Lipinski definition) is 4. The van der Waals surface area contributed by atoms with Crippen LogP contribution in [0.5, 0.6) is 0 Å². The Balaban J connectivity index is 1.61. The van der Waals surface area contributed by atoms with E-state index in [1.165, 1.54) is 167 Å². The Kier molecular flexibility index (Phi) is 40.5. The predicted molar refractivity (Wildman–Crippen MR) is 268 cm³/mol. The van der Waals surface area contributed by atoms with Gasteiger partial charge in [0.1, 0.15) is 12.2 Å². The number of hydrogen-bond acceptors (Lipinski definition) is 11. The van der Waals surface area contributed by atoms with Crippen LogP contribution >= 0.6 is 0 Å². The summed E-state index contributed by atoms with van der Waals surface area (Å²) in [5.41, 5.74) is 0. The summed E-state index contributed by atoms with van der Waals surface area (Å²) in [5.74, 6) is -0.946. The van der Waals surface area contributed by atoms with Gasteiger partial charge in [0.05, 0.1) is 77.3 Å². The minimum Gasteiger partial charge on any atom is -0.390 e. The Hall–Kier alpha value is -0.440. The van der Waals surface area contributed by atoms with Gasteiger partial charge in [-0.2, -0.15) is 0 Å². The second-order valence-corrected chi connectivity index (χ2v) is 20.2. The quantitative estimate of drug-likeness (QED) is 0.0433. The van der Waals surface area contributed by atoms with Crippen molar-refractivity contribution in [3.8, 4) is 0 Å². The van der Waals surface area contributed by atoms with Crippen LogP contribution in [0.15, 0.2) is 0 Å². The van der Waals surface area contributed by atoms with Crippen LogP contribution in [-0.4, -0.2) is 137 Å². The first-order valence-corrected chi connectivity index (χ1v) is 28.1. The van der Waals surface area contributed by atoms with E-state index in [4.69, 9.17) is 33.2 Å². The fraction of sp³-hybridized carbons (Fsp3) is 1.00. The van der Waals surface area contributed by atoms with E-state index >= 15 is 0 Å². The molecular weight excluding hydrogens is 837 g/mol. The molecule has 1 aliphatic carbocycles. The third-order valence-electron chi connectivity index (χ3n) is 14.6. The highest BCUT2D eigenvalue weighted by molar-refractivity contribution is 4.94. The Morgan fingerprint density at radius 1 is 0.348 bits per heavy atom. The average Bonchev–Trinajstić information content (AvgIpc) is 3.32. The lowest BCUT2D eigenvalue weighted by atomic mass is 9.71. The zero-order valence-electron chi connectivity index (χ0n) is 43.4. The van der Waals surface area contributed by atoms with Crippen molar-refractivity contribution in [2.45, 2.75) is 250 Å². The first-order valence-electron chi connectivity index (χ1n) is 28.1. The van der Waals surface area contributed by atoms with Gasteiger partial charge < -0.3 is 53.6 Å². The summed E-state index contributed by atoms with van der Waals surface area (Å²) in [6.07, 6.45) is 33.5. The number of methoxy groups -OCH3 is 1. The highest BCUT2D eigenvalue weighted by Crippen LogP contribution is 2.36. The molecule has 0 bridgehead atoms. The summed E-state index contributed by atoms with van der Waals surface area (Å²) in [7, 11) is 1.61. The first-order chi connectivity index (χ1) is 32.4. The number of unbranched alkanes of at least 4 members (excludes halogenated alkanes) is 26. The van der Waals surface area contributed by atoms with Gasteiger partial charge in [0.2, 0.25) is 0 Å². The second kappa shape index (κ2) is 43.4. The minimum absolute atomic E-state index is 0.0367. The Morgan fingerprint density at radius 2 is 0.742 bits per heavy atom. The lowest BCUT2D eigenvalue weighted by Crippen LogP contribution is -2.57. The third-order valence-corrected chi connectivity index (χ3v) is 14.6. The van der Waals surface area contributed by atoms with Gasteiger partial charge in [0.15, 0.2) is 0 Å². The molecule has 2 rings (SSSR count). The molecule has 11 nitrogen and oxygen atoms in total. The molecule has 1 saturated carbocycles. The standard InChI is InChI=1S/C55H108O11/c1-5-8-10-12-14-16-18-20-22-24-26-28-30-32-34-61-36-38-63-42-46-40-47(41-60-4)52(56)54(58)49(46)43-65-45-51-55(59)53(57)48(7-3)50(66-51)44-64-39-37-62-35-33-31-29-27-25-23-21-19-17-15-13-11-9-6-2/h46-59H,5-45H2,1-4H3/t46-,47-,48+,49+,50?,51-,52?,53+,54?,55?/m0/s1. The van der Waals surface area contributed by atoms with Crippen molar-refractivity contribution in [2.75, 3.05) is 79.8 Å². The maximum atomic E-state index is 11.3. The SMILES string of the molecule is CCCCCCCCCCCCCCCCOCCOCC1O[C@@H](COC[C@H]2C(O)C(O)[C@H](COC)C[C@H]2COCCOCCCCCCCCCCCCCCCC)C(O)[C@H](O)[C@@H]1CC. The molecule has 394 valence electrons. The topological polar surface area (TPSA) is 146 Å². The molecule has 0 amide bonds. The zero-order valence-corrected chi connectivity index (χ0v) is 43.4. The van der Waals surface area contributed by atoms with Crippen LogP contribution in [-0.2, 0) is 33.2 Å². The van der Waals surface area contributed by atoms with Gasteiger partial charge in [-0.3, -0.25) is 0 Å². The van der Waals surface area contributed by atoms with Crippen molar-refractivity contribution in [2.24, 2.45) is 23.7 Å². The van der Waals surface area contributed by atoms with Crippen LogP contribution in [0.2, 0.25) is 0 Å². The van der Waals surface area contributed by atoms with Crippen LogP contribution < -0.4 is 0 Å². The van der Waals surface area contributed by atoms with E-state index < -0.39 is 36.6 Å². The lowest BCUT2D eigenvalue weighted by molar-refractivity contribution is -0.228. The summed E-state index contributed by atoms with van der Waals surface area (Å²) in [6.45, 7) is 11.2. The Bertz CT molecular complexity index is 1020. The molecule has 2 aliphatic rings. The van der Waals surface area contributed by atoms with Gasteiger partial charge in [0.25, 0.3) is 0 Å². The Morgan fingerprint density at radius 3 is 1.18 bits per heavy atom. The van der Waals surface area contributed by atoms with Crippen LogP contribution in [0.3, 0.4) is 0 Å². The van der Waals surface area contributed by atoms with Gasteiger partial charge in [-0.1, -0.05) is 188 Å². The van der Waals surface area contributed by atoms with Crippen molar-refractivity contribution < 1.29 is 53.6 Å². The van der Waals surface area contributed by atoms with E-state index in [0.29, 0.717) is 52.5 Å². The summed E-state index contributed by atoms with van der Waals surface area (Å²) >= 11 is 0. The summed E-state index contributed by atoms with van der Waals surface area (Å²) in [4.78, 5) is 0. The molecule has 66 heavy (non-hydrogen) atoms. The van der Waals surface area contributed by atoms with Gasteiger partial charge in [-0.25, -0.2) is 0 Å². The summed E-state index contributed by atoms with van der Waals surface area (Å²) < 4.78 is 41.6. The maximum Gasteiger partial charge on any atom is 0.110 e. The molecule has 0 aromatic heterocycles.